The molecule has 3 aromatic heterocycles. The van der Waals surface area contributed by atoms with Gasteiger partial charge >= 0.3 is 0 Å². The lowest BCUT2D eigenvalue weighted by Gasteiger charge is -2.03. The van der Waals surface area contributed by atoms with Crippen molar-refractivity contribution in [2.24, 2.45) is 7.05 Å². The summed E-state index contributed by atoms with van der Waals surface area (Å²) in [4.78, 5) is 7.86. The van der Waals surface area contributed by atoms with Crippen LogP contribution in [0, 0.1) is 5.95 Å². The Labute approximate surface area is 109 Å². The molecule has 0 aliphatic rings. The fraction of sp³-hybridized carbons (Fsp3) is 0.0714. The van der Waals surface area contributed by atoms with Gasteiger partial charge in [-0.05, 0) is 29.3 Å². The van der Waals surface area contributed by atoms with Crippen molar-refractivity contribution in [3.05, 3.63) is 55.0 Å². The summed E-state index contributed by atoms with van der Waals surface area (Å²) in [7, 11) is 1.85. The predicted octanol–water partition coefficient (Wildman–Crippen LogP) is 2.68. The van der Waals surface area contributed by atoms with Gasteiger partial charge in [-0.1, -0.05) is 0 Å². The van der Waals surface area contributed by atoms with Crippen LogP contribution in [0.3, 0.4) is 0 Å². The SMILES string of the molecule is Cn1cc(-c2cc(-c3ccnc(F)c3)ccn2)cn1. The van der Waals surface area contributed by atoms with Crippen molar-refractivity contribution in [2.75, 3.05) is 0 Å². The van der Waals surface area contributed by atoms with Gasteiger partial charge < -0.3 is 0 Å². The molecule has 0 aromatic carbocycles. The molecule has 0 bridgehead atoms. The second kappa shape index (κ2) is 4.61. The van der Waals surface area contributed by atoms with E-state index in [1.54, 1.807) is 23.1 Å². The van der Waals surface area contributed by atoms with Crippen LogP contribution in [0.4, 0.5) is 4.39 Å². The molecule has 0 spiro atoms. The Morgan fingerprint density at radius 2 is 1.74 bits per heavy atom. The zero-order valence-electron chi connectivity index (χ0n) is 10.3. The molecule has 3 aromatic rings. The quantitative estimate of drug-likeness (QED) is 0.660. The van der Waals surface area contributed by atoms with Crippen LogP contribution in [0.5, 0.6) is 0 Å². The minimum absolute atomic E-state index is 0.489. The maximum absolute atomic E-state index is 13.1. The maximum Gasteiger partial charge on any atom is 0.213 e. The molecule has 0 amide bonds. The fourth-order valence-electron chi connectivity index (χ4n) is 1.90. The molecular weight excluding hydrogens is 243 g/mol. The summed E-state index contributed by atoms with van der Waals surface area (Å²) in [5.41, 5.74) is 3.41. The van der Waals surface area contributed by atoms with Crippen LogP contribution in [0.15, 0.2) is 49.1 Å². The molecule has 5 heteroatoms. The van der Waals surface area contributed by atoms with Gasteiger partial charge in [0, 0.05) is 37.3 Å². The van der Waals surface area contributed by atoms with Crippen molar-refractivity contribution < 1.29 is 4.39 Å². The Balaban J connectivity index is 2.05. The molecule has 3 heterocycles. The molecule has 0 atom stereocenters. The molecule has 4 nitrogen and oxygen atoms in total. The molecule has 0 radical (unpaired) electrons. The molecule has 0 aliphatic carbocycles. The van der Waals surface area contributed by atoms with Crippen molar-refractivity contribution in [3.63, 3.8) is 0 Å². The van der Waals surface area contributed by atoms with Crippen LogP contribution in [-0.2, 0) is 7.05 Å². The lowest BCUT2D eigenvalue weighted by molar-refractivity contribution is 0.584. The van der Waals surface area contributed by atoms with E-state index in [2.05, 4.69) is 15.1 Å². The topological polar surface area (TPSA) is 43.6 Å². The van der Waals surface area contributed by atoms with Crippen molar-refractivity contribution in [3.8, 4) is 22.4 Å². The third-order valence-corrected chi connectivity index (χ3v) is 2.82. The first-order valence-electron chi connectivity index (χ1n) is 5.79. The summed E-state index contributed by atoms with van der Waals surface area (Å²) in [6.45, 7) is 0. The Hall–Kier alpha value is -2.56. The number of hydrogen-bond donors (Lipinski definition) is 0. The fourth-order valence-corrected chi connectivity index (χ4v) is 1.90. The molecule has 0 saturated carbocycles. The third kappa shape index (κ3) is 2.35. The number of aryl methyl sites for hydroxylation is 1. The number of aromatic nitrogens is 4. The normalized spacial score (nSPS) is 10.6. The molecule has 94 valence electrons. The molecule has 3 rings (SSSR count). The number of pyridine rings is 2. The summed E-state index contributed by atoms with van der Waals surface area (Å²) in [5, 5.41) is 4.12. The average molecular weight is 254 g/mol. The summed E-state index contributed by atoms with van der Waals surface area (Å²) in [5.74, 6) is -0.489. The van der Waals surface area contributed by atoms with Gasteiger partial charge in [-0.3, -0.25) is 9.67 Å². The zero-order chi connectivity index (χ0) is 13.2. The van der Waals surface area contributed by atoms with Crippen LogP contribution in [0.1, 0.15) is 0 Å². The lowest BCUT2D eigenvalue weighted by atomic mass is 10.1. The van der Waals surface area contributed by atoms with Crippen molar-refractivity contribution in [1.82, 2.24) is 19.7 Å². The minimum Gasteiger partial charge on any atom is -0.275 e. The summed E-state index contributed by atoms with van der Waals surface area (Å²) < 4.78 is 14.9. The van der Waals surface area contributed by atoms with Gasteiger partial charge in [0.05, 0.1) is 11.9 Å². The molecule has 19 heavy (non-hydrogen) atoms. The second-order valence-electron chi connectivity index (χ2n) is 4.20. The van der Waals surface area contributed by atoms with E-state index in [-0.39, 0.29) is 0 Å². The number of nitrogens with zero attached hydrogens (tertiary/aromatic N) is 4. The van der Waals surface area contributed by atoms with Crippen LogP contribution >= 0.6 is 0 Å². The Morgan fingerprint density at radius 1 is 1.00 bits per heavy atom. The van der Waals surface area contributed by atoms with Gasteiger partial charge in [0.15, 0.2) is 0 Å². The maximum atomic E-state index is 13.1. The van der Waals surface area contributed by atoms with E-state index in [0.29, 0.717) is 0 Å². The number of rotatable bonds is 2. The minimum atomic E-state index is -0.489. The molecule has 0 unspecified atom stereocenters. The van der Waals surface area contributed by atoms with Crippen LogP contribution < -0.4 is 0 Å². The highest BCUT2D eigenvalue weighted by Crippen LogP contribution is 2.24. The van der Waals surface area contributed by atoms with Gasteiger partial charge in [-0.2, -0.15) is 9.49 Å². The third-order valence-electron chi connectivity index (χ3n) is 2.82. The number of halogens is 1. The van der Waals surface area contributed by atoms with Crippen LogP contribution in [0.2, 0.25) is 0 Å². The lowest BCUT2D eigenvalue weighted by Crippen LogP contribution is -1.87. The van der Waals surface area contributed by atoms with Crippen LogP contribution in [0.25, 0.3) is 22.4 Å². The van der Waals surface area contributed by atoms with Crippen molar-refractivity contribution in [1.29, 1.82) is 0 Å². The molecule has 0 fully saturated rings. The standard InChI is InChI=1S/C14H11FN4/c1-19-9-12(8-18-19)13-6-10(2-4-16-13)11-3-5-17-14(15)7-11/h2-9H,1H3. The molecule has 0 aliphatic heterocycles. The zero-order valence-corrected chi connectivity index (χ0v) is 10.3. The highest BCUT2D eigenvalue weighted by Gasteiger charge is 2.05. The van der Waals surface area contributed by atoms with Gasteiger partial charge in [0.2, 0.25) is 5.95 Å². The first-order valence-corrected chi connectivity index (χ1v) is 5.79. The van der Waals surface area contributed by atoms with E-state index in [1.165, 1.54) is 12.3 Å². The van der Waals surface area contributed by atoms with E-state index in [4.69, 9.17) is 0 Å². The average Bonchev–Trinajstić information content (AvgIpc) is 2.86. The Kier molecular flexibility index (Phi) is 2.79. The predicted molar refractivity (Wildman–Crippen MR) is 69.6 cm³/mol. The summed E-state index contributed by atoms with van der Waals surface area (Å²) in [6.07, 6.45) is 6.79. The monoisotopic (exact) mass is 254 g/mol. The van der Waals surface area contributed by atoms with Crippen LogP contribution in [-0.4, -0.2) is 19.7 Å². The number of hydrogen-bond acceptors (Lipinski definition) is 3. The van der Waals surface area contributed by atoms with E-state index in [1.807, 2.05) is 25.4 Å². The first-order chi connectivity index (χ1) is 9.22. The first kappa shape index (κ1) is 11.5. The van der Waals surface area contributed by atoms with E-state index < -0.39 is 5.95 Å². The Bertz CT molecular complexity index is 721. The van der Waals surface area contributed by atoms with Crippen molar-refractivity contribution in [2.45, 2.75) is 0 Å². The van der Waals surface area contributed by atoms with Gasteiger partial charge in [-0.25, -0.2) is 4.98 Å². The van der Waals surface area contributed by atoms with E-state index in [9.17, 15) is 4.39 Å². The van der Waals surface area contributed by atoms with E-state index in [0.717, 1.165) is 22.4 Å². The summed E-state index contributed by atoms with van der Waals surface area (Å²) in [6, 6.07) is 6.92. The largest absolute Gasteiger partial charge is 0.275 e. The highest BCUT2D eigenvalue weighted by atomic mass is 19.1. The molecule has 0 N–H and O–H groups in total. The van der Waals surface area contributed by atoms with Gasteiger partial charge in [0.25, 0.3) is 0 Å². The second-order valence-corrected chi connectivity index (χ2v) is 4.20. The molecule has 0 saturated heterocycles. The van der Waals surface area contributed by atoms with Crippen molar-refractivity contribution >= 4 is 0 Å². The Morgan fingerprint density at radius 3 is 2.42 bits per heavy atom. The van der Waals surface area contributed by atoms with Gasteiger partial charge in [0.1, 0.15) is 0 Å². The van der Waals surface area contributed by atoms with Gasteiger partial charge in [-0.15, -0.1) is 0 Å². The molecular formula is C14H11FN4. The smallest absolute Gasteiger partial charge is 0.213 e. The summed E-state index contributed by atoms with van der Waals surface area (Å²) >= 11 is 0. The highest BCUT2D eigenvalue weighted by molar-refractivity contribution is 5.69. The van der Waals surface area contributed by atoms with E-state index >= 15 is 0 Å².